The highest BCUT2D eigenvalue weighted by Crippen LogP contribution is 2.64. The van der Waals surface area contributed by atoms with Crippen molar-refractivity contribution in [2.75, 3.05) is 57.5 Å². The summed E-state index contributed by atoms with van der Waals surface area (Å²) in [5, 5.41) is 23.6. The monoisotopic (exact) mass is 2200 g/mol. The lowest BCUT2D eigenvalue weighted by Crippen LogP contribution is -2.55. The average molecular weight is 2200 g/mol. The number of hydrogen-bond donors (Lipinski definition) is 2. The molecule has 3 aliphatic heterocycles. The summed E-state index contributed by atoms with van der Waals surface area (Å²) in [6.45, 7) is 21.5. The van der Waals surface area contributed by atoms with E-state index in [1.165, 1.54) is 239 Å². The van der Waals surface area contributed by atoms with Crippen LogP contribution in [0.25, 0.3) is 0 Å². The second kappa shape index (κ2) is 70.2. The first-order chi connectivity index (χ1) is 70.2. The Kier molecular flexibility index (Phi) is 61.5. The molecule has 15 unspecified atom stereocenters. The quantitative estimate of drug-likeness (QED) is 0.0458. The van der Waals surface area contributed by atoms with Crippen LogP contribution in [-0.2, 0) is 62.2 Å². The van der Waals surface area contributed by atoms with E-state index >= 15 is 0 Å². The summed E-state index contributed by atoms with van der Waals surface area (Å²) in [6, 6.07) is 9.40. The van der Waals surface area contributed by atoms with E-state index in [-0.39, 0.29) is 86.2 Å². The molecule has 145 heavy (non-hydrogen) atoms. The van der Waals surface area contributed by atoms with E-state index in [4.69, 9.17) is 9.47 Å². The third-order valence-corrected chi connectivity index (χ3v) is 45.1. The number of carbonyl (C=O) groups excluding carboxylic acids is 12. The summed E-state index contributed by atoms with van der Waals surface area (Å²) >= 11 is 15.2. The van der Waals surface area contributed by atoms with Crippen LogP contribution in [-0.4, -0.2) is 161 Å². The molecule has 19 fully saturated rings. The Hall–Kier alpha value is -1.56. The second-order valence-corrected chi connectivity index (χ2v) is 56.5. The Morgan fingerprint density at radius 2 is 0.724 bits per heavy atom. The molecule has 16 saturated carbocycles. The average Bonchev–Trinajstić information content (AvgIpc) is 1.64. The fourth-order valence-corrected chi connectivity index (χ4v) is 37.1. The van der Waals surface area contributed by atoms with Crippen LogP contribution in [0.15, 0.2) is 30.3 Å². The van der Waals surface area contributed by atoms with E-state index in [1.807, 2.05) is 30.3 Å². The van der Waals surface area contributed by atoms with Gasteiger partial charge in [-0.1, -0.05) is 326 Å². The molecule has 16 nitrogen and oxygen atoms in total. The third kappa shape index (κ3) is 41.7. The Labute approximate surface area is 920 Å². The van der Waals surface area contributed by atoms with Gasteiger partial charge in [0.1, 0.15) is 11.9 Å². The van der Waals surface area contributed by atoms with Gasteiger partial charge in [0.25, 0.3) is 0 Å². The molecule has 0 radical (unpaired) electrons. The molecule has 1 aromatic rings. The van der Waals surface area contributed by atoms with Crippen molar-refractivity contribution in [2.45, 2.75) is 459 Å². The first-order valence-corrected chi connectivity index (χ1v) is 68.5. The first-order valence-electron chi connectivity index (χ1n) is 58.7. The summed E-state index contributed by atoms with van der Waals surface area (Å²) < 4.78 is 11.0. The van der Waals surface area contributed by atoms with Crippen LogP contribution < -0.4 is 0 Å². The van der Waals surface area contributed by atoms with E-state index in [1.54, 1.807) is 58.8 Å². The number of carbonyl (C=O) groups is 12. The van der Waals surface area contributed by atoms with Gasteiger partial charge in [-0.25, -0.2) is 0 Å². The molecule has 2 N–H and O–H groups in total. The molecule has 15 atom stereocenters. The maximum absolute atomic E-state index is 12.6. The number of fused-ring (bicyclic) bond motifs is 5. The van der Waals surface area contributed by atoms with Gasteiger partial charge in [-0.2, -0.15) is 0 Å². The molecule has 0 amide bonds. The van der Waals surface area contributed by atoms with Gasteiger partial charge in [0.2, 0.25) is 5.12 Å². The fraction of sp³-hybridized carbons (Fsp3) is 0.849. The Morgan fingerprint density at radius 1 is 0.324 bits per heavy atom. The molecule has 3 saturated heterocycles. The topological polar surface area (TPSA) is 264 Å². The lowest BCUT2D eigenvalue weighted by atomic mass is 9.49. The van der Waals surface area contributed by atoms with E-state index < -0.39 is 0 Å². The van der Waals surface area contributed by atoms with Gasteiger partial charge in [-0.3, -0.25) is 57.5 Å². The van der Waals surface area contributed by atoms with Crippen molar-refractivity contribution in [3.05, 3.63) is 35.9 Å². The first kappa shape index (κ1) is 127. The van der Waals surface area contributed by atoms with Crippen molar-refractivity contribution in [1.29, 1.82) is 0 Å². The molecule has 824 valence electrons. The number of aliphatic hydroxyl groups excluding tert-OH is 2. The maximum atomic E-state index is 12.6. The molecule has 26 heteroatoms. The van der Waals surface area contributed by atoms with Gasteiger partial charge in [-0.15, -0.1) is 0 Å². The number of Topliss-reactive ketones (excluding diaryl/α,β-unsaturated/α-hetero) is 1. The summed E-state index contributed by atoms with van der Waals surface area (Å²) in [6.07, 6.45) is 63.9. The van der Waals surface area contributed by atoms with Gasteiger partial charge in [0.05, 0.1) is 42.2 Å². The van der Waals surface area contributed by atoms with Crippen molar-refractivity contribution in [3.63, 3.8) is 0 Å². The van der Waals surface area contributed by atoms with Crippen LogP contribution in [0, 0.1) is 117 Å². The lowest BCUT2D eigenvalue weighted by Gasteiger charge is -2.57. The van der Waals surface area contributed by atoms with E-state index in [9.17, 15) is 67.7 Å². The molecule has 0 aromatic heterocycles. The minimum atomic E-state index is -0.370. The molecule has 20 rings (SSSR count). The lowest BCUT2D eigenvalue weighted by molar-refractivity contribution is -0.153. The normalized spacial score (nSPS) is 30.8. The number of rotatable bonds is 39. The van der Waals surface area contributed by atoms with Crippen LogP contribution in [0.3, 0.4) is 0 Å². The van der Waals surface area contributed by atoms with Crippen LogP contribution in [0.5, 0.6) is 0 Å². The molecule has 3 heterocycles. The summed E-state index contributed by atoms with van der Waals surface area (Å²) in [4.78, 5) is 141. The number of benzene rings is 1. The van der Waals surface area contributed by atoms with E-state index in [2.05, 4.69) is 69.2 Å². The van der Waals surface area contributed by atoms with E-state index in [0.717, 1.165) is 266 Å². The van der Waals surface area contributed by atoms with Gasteiger partial charge in [-0.05, 0) is 291 Å². The van der Waals surface area contributed by atoms with Gasteiger partial charge in [0, 0.05) is 122 Å². The van der Waals surface area contributed by atoms with Gasteiger partial charge < -0.3 is 19.7 Å². The largest absolute Gasteiger partial charge is 0.462 e. The zero-order valence-electron chi connectivity index (χ0n) is 91.0. The van der Waals surface area contributed by atoms with Crippen molar-refractivity contribution >= 4 is 181 Å². The van der Waals surface area contributed by atoms with Crippen molar-refractivity contribution in [1.82, 2.24) is 0 Å². The molecule has 1 aromatic carbocycles. The molecular weight excluding hydrogens is 2010 g/mol. The maximum Gasteiger partial charge on any atom is 0.310 e. The van der Waals surface area contributed by atoms with Crippen molar-refractivity contribution in [3.8, 4) is 0 Å². The highest BCUT2D eigenvalue weighted by Gasteiger charge is 2.64. The molecular formula is C119H192O16S10. The highest BCUT2D eigenvalue weighted by molar-refractivity contribution is 8.16. The molecule has 16 aliphatic carbocycles. The molecule has 19 aliphatic rings. The molecule has 14 bridgehead atoms. The smallest absolute Gasteiger partial charge is 0.310 e. The third-order valence-electron chi connectivity index (χ3n) is 34.0. The van der Waals surface area contributed by atoms with Crippen molar-refractivity contribution < 1.29 is 77.2 Å². The predicted octanol–water partition coefficient (Wildman–Crippen LogP) is 31.1. The Balaban J connectivity index is 0.000000180. The number of hydrogen-bond acceptors (Lipinski definition) is 26. The zero-order valence-corrected chi connectivity index (χ0v) is 99.2. The fourth-order valence-electron chi connectivity index (χ4n) is 26.2. The number of ketones is 1. The van der Waals surface area contributed by atoms with E-state index in [0.29, 0.717) is 102 Å². The van der Waals surface area contributed by atoms with Gasteiger partial charge >= 0.3 is 5.97 Å². The van der Waals surface area contributed by atoms with Crippen LogP contribution in [0.2, 0.25) is 0 Å². The van der Waals surface area contributed by atoms with Crippen LogP contribution in [0.4, 0.5) is 0 Å². The standard InChI is InChI=1S/C15H24O2S.C15H24OS.C13H18O3S.C12H20OS.2C11H18O2S.C11H20O2S.C11H20OS.C10H12OS.C10H18OS/c1-2-3-4-18-14(17)15-7-10-5-11(8-15)13(16)12(6-10)9-15;1-2-3-4-17-14(16)15-8-11-5-12(9-15)7-13(6-11)10-15;1-2-3-4-17-13(15)10-7-5-8-9(6-7)16-12(14)11(8)10;1-2-3-6-14-12(13)11-8-9-4-5-10(11)7-9;1-2-3-6-14-11(12)9-7-8-4-5-10(9)13-8;1-2-3-8-14-11(13)9-4-6-10(12)7-5-9;1-2-3-8-14-11(13)9-6-4-5-7-10(9)12;1-2-3-9-13-11(12)10-7-5-4-6-8-10;1-2-8-12-10(11)9-6-4-3-5-7-9;1-2-3-8-12-10(11)9-6-4-5-7-9/h10-13,16H,2-9H2,1H3;11-13H,2-10H2,1H3;7-11H,2-6H2,1H3;9-11H,2-8H2,1H3;8-10H,2-7H2,1H3;9H,2-8H2,1H3;9-10,12H,2-8H2,1H3;10H,2-9H2,1H3;3-7H,2,8H2,1H3;9H,2-8H2,1H3. The van der Waals surface area contributed by atoms with Crippen LogP contribution in [0.1, 0.15) is 439 Å². The second-order valence-electron chi connectivity index (χ2n) is 45.6. The minimum Gasteiger partial charge on any atom is -0.462 e. The Bertz CT molecular complexity index is 3870. The van der Waals surface area contributed by atoms with Crippen LogP contribution >= 0.6 is 118 Å². The van der Waals surface area contributed by atoms with Gasteiger partial charge in [0.15, 0.2) is 46.0 Å². The number of esters is 1. The minimum absolute atomic E-state index is 0.0342. The number of ether oxygens (including phenoxy) is 2. The van der Waals surface area contributed by atoms with Crippen molar-refractivity contribution in [2.24, 2.45) is 117 Å². The summed E-state index contributed by atoms with van der Waals surface area (Å²) in [5.74, 6) is 18.2. The SMILES string of the molecule is CCCCSC(=O)C12CC3CC(C1)C(O)C(C3)C2.CCCCSC(=O)C12CC3CC(CC(C3)C1)C2.CCCCSC(=O)C1C2CC3OC(=O)C1C3C2.CCCCSC(=O)C1CC2CCC1C2.CCCCSC(=O)C1CC2CCC1O2.CCCCSC(=O)C1CCC(=O)CC1.CCCCSC(=O)C1CCCC1.CCCCSC(=O)C1CCCCC1.CCCCSC(=O)C1CCCCC1O.CCCSC(=O)c1ccccc1. The number of unbranched alkanes of at least 4 members (excludes halogenated alkanes) is 9. The summed E-state index contributed by atoms with van der Waals surface area (Å²) in [5.41, 5.74) is 0.886. The number of aliphatic hydroxyl groups is 2. The highest BCUT2D eigenvalue weighted by atomic mass is 32.2. The zero-order chi connectivity index (χ0) is 104. The number of thioether (sulfide) groups is 10. The Morgan fingerprint density at radius 3 is 1.14 bits per heavy atom. The predicted molar refractivity (Wildman–Crippen MR) is 619 cm³/mol. The summed E-state index contributed by atoms with van der Waals surface area (Å²) in [7, 11) is 0. The molecule has 0 spiro atoms.